The monoisotopic (exact) mass is 395 g/mol. The zero-order valence-electron chi connectivity index (χ0n) is 16.2. The van der Waals surface area contributed by atoms with Crippen LogP contribution in [0.4, 0.5) is 0 Å². The summed E-state index contributed by atoms with van der Waals surface area (Å²) in [6.45, 7) is 3.32. The van der Waals surface area contributed by atoms with Crippen molar-refractivity contribution in [2.75, 3.05) is 26.9 Å². The smallest absolute Gasteiger partial charge is 0.258 e. The van der Waals surface area contributed by atoms with Crippen molar-refractivity contribution < 1.29 is 19.0 Å². The van der Waals surface area contributed by atoms with Crippen molar-refractivity contribution in [3.63, 3.8) is 0 Å². The van der Waals surface area contributed by atoms with E-state index in [-0.39, 0.29) is 18.0 Å². The van der Waals surface area contributed by atoms with Crippen molar-refractivity contribution in [2.45, 2.75) is 13.5 Å². The van der Waals surface area contributed by atoms with Crippen molar-refractivity contribution >= 4 is 16.8 Å². The van der Waals surface area contributed by atoms with Crippen LogP contribution in [0, 0.1) is 0 Å². The first-order valence-corrected chi connectivity index (χ1v) is 9.35. The SMILES string of the molecule is CCN(Cc1nc2ccccc2c(=O)[nH]1)C(=O)c1cc(OC)c2c(c1)OCCO2. The number of carbonyl (C=O) groups is 1. The van der Waals surface area contributed by atoms with E-state index in [0.29, 0.717) is 59.3 Å². The molecule has 1 amide bonds. The number of hydrogen-bond donors (Lipinski definition) is 1. The zero-order valence-corrected chi connectivity index (χ0v) is 16.2. The van der Waals surface area contributed by atoms with Gasteiger partial charge in [0.15, 0.2) is 11.5 Å². The summed E-state index contributed by atoms with van der Waals surface area (Å²) in [5.74, 6) is 1.62. The molecule has 1 N–H and O–H groups in total. The number of rotatable bonds is 5. The van der Waals surface area contributed by atoms with Gasteiger partial charge in [0.2, 0.25) is 5.75 Å². The molecule has 3 aromatic rings. The highest BCUT2D eigenvalue weighted by atomic mass is 16.6. The maximum Gasteiger partial charge on any atom is 0.258 e. The summed E-state index contributed by atoms with van der Waals surface area (Å²) >= 11 is 0. The first-order valence-electron chi connectivity index (χ1n) is 9.35. The maximum atomic E-state index is 13.1. The number of aromatic amines is 1. The third-order valence-corrected chi connectivity index (χ3v) is 4.75. The van der Waals surface area contributed by atoms with E-state index in [4.69, 9.17) is 14.2 Å². The number of nitrogens with zero attached hydrogens (tertiary/aromatic N) is 2. The lowest BCUT2D eigenvalue weighted by Gasteiger charge is -2.24. The second kappa shape index (κ2) is 7.83. The molecule has 2 aromatic carbocycles. The molecule has 0 aliphatic carbocycles. The average Bonchev–Trinajstić information content (AvgIpc) is 2.76. The fourth-order valence-corrected chi connectivity index (χ4v) is 3.30. The molecule has 0 bridgehead atoms. The highest BCUT2D eigenvalue weighted by molar-refractivity contribution is 5.95. The van der Waals surface area contributed by atoms with Crippen LogP contribution in [0.15, 0.2) is 41.2 Å². The van der Waals surface area contributed by atoms with E-state index in [1.165, 1.54) is 7.11 Å². The molecule has 150 valence electrons. The minimum absolute atomic E-state index is 0.173. The van der Waals surface area contributed by atoms with Crippen LogP contribution in [0.25, 0.3) is 10.9 Å². The number of carbonyl (C=O) groups excluding carboxylic acids is 1. The fourth-order valence-electron chi connectivity index (χ4n) is 3.30. The predicted octanol–water partition coefficient (Wildman–Crippen LogP) is 2.37. The molecule has 2 heterocycles. The largest absolute Gasteiger partial charge is 0.493 e. The minimum Gasteiger partial charge on any atom is -0.493 e. The van der Waals surface area contributed by atoms with E-state index < -0.39 is 0 Å². The zero-order chi connectivity index (χ0) is 20.4. The average molecular weight is 395 g/mol. The summed E-state index contributed by atoms with van der Waals surface area (Å²) in [5.41, 5.74) is 0.780. The van der Waals surface area contributed by atoms with Gasteiger partial charge in [-0.25, -0.2) is 4.98 Å². The molecule has 29 heavy (non-hydrogen) atoms. The molecular weight excluding hydrogens is 374 g/mol. The number of hydrogen-bond acceptors (Lipinski definition) is 6. The quantitative estimate of drug-likeness (QED) is 0.713. The molecule has 0 spiro atoms. The summed E-state index contributed by atoms with van der Waals surface area (Å²) in [6.07, 6.45) is 0. The Morgan fingerprint density at radius 2 is 2.03 bits per heavy atom. The minimum atomic E-state index is -0.227. The number of H-pyrrole nitrogens is 1. The molecule has 0 radical (unpaired) electrons. The van der Waals surface area contributed by atoms with Crippen molar-refractivity contribution in [1.82, 2.24) is 14.9 Å². The van der Waals surface area contributed by atoms with Crippen LogP contribution in [-0.2, 0) is 6.54 Å². The summed E-state index contributed by atoms with van der Waals surface area (Å²) in [4.78, 5) is 34.3. The highest BCUT2D eigenvalue weighted by Crippen LogP contribution is 2.40. The Balaban J connectivity index is 1.65. The topological polar surface area (TPSA) is 93.8 Å². The number of para-hydroxylation sites is 1. The molecule has 0 fully saturated rings. The second-order valence-corrected chi connectivity index (χ2v) is 6.55. The third kappa shape index (κ3) is 3.61. The van der Waals surface area contributed by atoms with Gasteiger partial charge in [0.05, 0.1) is 24.6 Å². The standard InChI is InChI=1S/C21H21N3O5/c1-3-24(12-18-22-15-7-5-4-6-14(15)20(25)23-18)21(26)13-10-16(27-2)19-17(11-13)28-8-9-29-19/h4-7,10-11H,3,8-9,12H2,1-2H3,(H,22,23,25). The van der Waals surface area contributed by atoms with Crippen molar-refractivity contribution in [1.29, 1.82) is 0 Å². The van der Waals surface area contributed by atoms with Gasteiger partial charge in [-0.15, -0.1) is 0 Å². The molecule has 8 heteroatoms. The van der Waals surface area contributed by atoms with Crippen molar-refractivity contribution in [3.8, 4) is 17.2 Å². The van der Waals surface area contributed by atoms with E-state index in [2.05, 4.69) is 9.97 Å². The number of methoxy groups -OCH3 is 1. The van der Waals surface area contributed by atoms with E-state index in [1.807, 2.05) is 13.0 Å². The Kier molecular flexibility index (Phi) is 5.07. The molecule has 1 aliphatic rings. The summed E-state index contributed by atoms with van der Waals surface area (Å²) < 4.78 is 16.6. The van der Waals surface area contributed by atoms with E-state index >= 15 is 0 Å². The van der Waals surface area contributed by atoms with Gasteiger partial charge in [0.1, 0.15) is 19.0 Å². The van der Waals surface area contributed by atoms with Crippen LogP contribution in [-0.4, -0.2) is 47.6 Å². The molecule has 0 saturated heterocycles. The highest BCUT2D eigenvalue weighted by Gasteiger charge is 2.23. The molecule has 4 rings (SSSR count). The van der Waals surface area contributed by atoms with Gasteiger partial charge in [0.25, 0.3) is 11.5 Å². The maximum absolute atomic E-state index is 13.1. The Hall–Kier alpha value is -3.55. The van der Waals surface area contributed by atoms with Crippen LogP contribution in [0.2, 0.25) is 0 Å². The summed E-state index contributed by atoms with van der Waals surface area (Å²) in [6, 6.07) is 10.4. The van der Waals surface area contributed by atoms with Crippen molar-refractivity contribution in [3.05, 3.63) is 58.1 Å². The van der Waals surface area contributed by atoms with Gasteiger partial charge in [-0.1, -0.05) is 12.1 Å². The number of benzene rings is 2. The molecule has 1 aromatic heterocycles. The molecular formula is C21H21N3O5. The lowest BCUT2D eigenvalue weighted by molar-refractivity contribution is 0.0746. The number of fused-ring (bicyclic) bond motifs is 2. The van der Waals surface area contributed by atoms with Crippen molar-refractivity contribution in [2.24, 2.45) is 0 Å². The number of nitrogens with one attached hydrogen (secondary N) is 1. The Labute approximate surface area is 167 Å². The van der Waals surface area contributed by atoms with Crippen LogP contribution >= 0.6 is 0 Å². The Morgan fingerprint density at radius 3 is 2.83 bits per heavy atom. The molecule has 8 nitrogen and oxygen atoms in total. The molecule has 1 aliphatic heterocycles. The summed E-state index contributed by atoms with van der Waals surface area (Å²) in [7, 11) is 1.52. The number of ether oxygens (including phenoxy) is 3. The Morgan fingerprint density at radius 1 is 1.24 bits per heavy atom. The molecule has 0 atom stereocenters. The lowest BCUT2D eigenvalue weighted by Crippen LogP contribution is -2.32. The first kappa shape index (κ1) is 18.8. The number of amides is 1. The lowest BCUT2D eigenvalue weighted by atomic mass is 10.1. The normalized spacial score (nSPS) is 12.6. The predicted molar refractivity (Wildman–Crippen MR) is 107 cm³/mol. The summed E-state index contributed by atoms with van der Waals surface area (Å²) in [5, 5.41) is 0.516. The molecule has 0 saturated carbocycles. The van der Waals surface area contributed by atoms with Gasteiger partial charge in [-0.3, -0.25) is 9.59 Å². The van der Waals surface area contributed by atoms with Crippen LogP contribution in [0.1, 0.15) is 23.1 Å². The third-order valence-electron chi connectivity index (χ3n) is 4.75. The van der Waals surface area contributed by atoms with E-state index in [1.54, 1.807) is 35.2 Å². The van der Waals surface area contributed by atoms with Gasteiger partial charge in [-0.05, 0) is 31.2 Å². The van der Waals surface area contributed by atoms with Gasteiger partial charge in [0, 0.05) is 12.1 Å². The van der Waals surface area contributed by atoms with E-state index in [0.717, 1.165) is 0 Å². The van der Waals surface area contributed by atoms with Crippen LogP contribution in [0.5, 0.6) is 17.2 Å². The molecule has 0 unspecified atom stereocenters. The first-order chi connectivity index (χ1) is 14.1. The van der Waals surface area contributed by atoms with Crippen LogP contribution < -0.4 is 19.8 Å². The van der Waals surface area contributed by atoms with Gasteiger partial charge >= 0.3 is 0 Å². The van der Waals surface area contributed by atoms with Gasteiger partial charge in [-0.2, -0.15) is 0 Å². The van der Waals surface area contributed by atoms with E-state index in [9.17, 15) is 9.59 Å². The second-order valence-electron chi connectivity index (χ2n) is 6.55. The van der Waals surface area contributed by atoms with Gasteiger partial charge < -0.3 is 24.1 Å². The van der Waals surface area contributed by atoms with Crippen LogP contribution in [0.3, 0.4) is 0 Å². The fraction of sp³-hybridized carbons (Fsp3) is 0.286. The number of aromatic nitrogens is 2. The Bertz CT molecular complexity index is 1110.